The molecule has 1 N–H and O–H groups in total. The Labute approximate surface area is 183 Å². The lowest BCUT2D eigenvalue weighted by Crippen LogP contribution is -1.97. The molecule has 2 nitrogen and oxygen atoms in total. The molecule has 0 aliphatic rings. The van der Waals surface area contributed by atoms with Crippen molar-refractivity contribution in [2.24, 2.45) is 0 Å². The molecule has 3 aromatic rings. The molecule has 0 spiro atoms. The molecule has 0 fully saturated rings. The molecule has 0 radical (unpaired) electrons. The van der Waals surface area contributed by atoms with Crippen LogP contribution in [0.25, 0.3) is 17.3 Å². The summed E-state index contributed by atoms with van der Waals surface area (Å²) in [6.45, 7) is 18.4. The highest BCUT2D eigenvalue weighted by atomic mass is 14.9. The number of anilines is 1. The lowest BCUT2D eigenvalue weighted by Gasteiger charge is -2.11. The van der Waals surface area contributed by atoms with E-state index in [-0.39, 0.29) is 0 Å². The number of hydrogen-bond acceptors (Lipinski definition) is 2. The zero-order chi connectivity index (χ0) is 22.5. The standard InChI is InChI=1S/C24H24N2.2C2H6/c1-17-7-5-8-22(15-17)20(4)26-24-12-10-21(11-13-24)18(2)16-23-9-6-14-25-19(23)3;2*1-2/h5-16,26H,4H2,1-3H3;2*1-2H3/b18-16+;;. The second-order valence-corrected chi connectivity index (χ2v) is 6.56. The van der Waals surface area contributed by atoms with Crippen molar-refractivity contribution in [3.8, 4) is 0 Å². The normalized spacial score (nSPS) is 10.2. The Morgan fingerprint density at radius 3 is 2.13 bits per heavy atom. The van der Waals surface area contributed by atoms with Gasteiger partial charge >= 0.3 is 0 Å². The van der Waals surface area contributed by atoms with Crippen LogP contribution < -0.4 is 5.32 Å². The lowest BCUT2D eigenvalue weighted by molar-refractivity contribution is 1.19. The molecule has 0 saturated carbocycles. The number of allylic oxidation sites excluding steroid dienone is 1. The van der Waals surface area contributed by atoms with E-state index >= 15 is 0 Å². The van der Waals surface area contributed by atoms with E-state index < -0.39 is 0 Å². The topological polar surface area (TPSA) is 24.9 Å². The SMILES string of the molecule is C=C(Nc1ccc(/C(C)=C/c2cccnc2C)cc1)c1cccc(C)c1.CC.CC. The minimum Gasteiger partial charge on any atom is -0.356 e. The number of nitrogens with one attached hydrogen (secondary N) is 1. The minimum absolute atomic E-state index is 0.902. The van der Waals surface area contributed by atoms with E-state index in [0.717, 1.165) is 28.2 Å². The molecular formula is C28H36N2. The second kappa shape index (κ2) is 13.2. The van der Waals surface area contributed by atoms with Gasteiger partial charge in [0, 0.05) is 23.3 Å². The van der Waals surface area contributed by atoms with Crippen molar-refractivity contribution in [2.45, 2.75) is 48.5 Å². The van der Waals surface area contributed by atoms with Gasteiger partial charge in [-0.1, -0.05) is 76.2 Å². The van der Waals surface area contributed by atoms with E-state index in [2.05, 4.69) is 91.4 Å². The van der Waals surface area contributed by atoms with Gasteiger partial charge in [-0.25, -0.2) is 0 Å². The van der Waals surface area contributed by atoms with Gasteiger partial charge in [0.25, 0.3) is 0 Å². The van der Waals surface area contributed by atoms with Crippen molar-refractivity contribution in [2.75, 3.05) is 5.32 Å². The Bertz CT molecular complexity index is 950. The zero-order valence-electron chi connectivity index (χ0n) is 19.6. The first kappa shape index (κ1) is 24.9. The van der Waals surface area contributed by atoms with Gasteiger partial charge in [0.05, 0.1) is 0 Å². The van der Waals surface area contributed by atoms with Crippen LogP contribution in [0.1, 0.15) is 62.6 Å². The molecule has 0 atom stereocenters. The molecule has 0 aliphatic carbocycles. The van der Waals surface area contributed by atoms with Crippen LogP contribution in [-0.4, -0.2) is 4.98 Å². The predicted molar refractivity (Wildman–Crippen MR) is 135 cm³/mol. The summed E-state index contributed by atoms with van der Waals surface area (Å²) in [5.74, 6) is 0. The van der Waals surface area contributed by atoms with Crippen LogP contribution in [0.3, 0.4) is 0 Å². The quantitative estimate of drug-likeness (QED) is 0.465. The maximum absolute atomic E-state index is 4.34. The highest BCUT2D eigenvalue weighted by molar-refractivity contribution is 5.82. The third-order valence-electron chi connectivity index (χ3n) is 4.42. The number of nitrogens with zero attached hydrogens (tertiary/aromatic N) is 1. The molecule has 1 heterocycles. The molecular weight excluding hydrogens is 364 g/mol. The number of aryl methyl sites for hydroxylation is 2. The van der Waals surface area contributed by atoms with E-state index in [1.54, 1.807) is 0 Å². The first-order valence-corrected chi connectivity index (χ1v) is 10.8. The van der Waals surface area contributed by atoms with Crippen LogP contribution in [0.5, 0.6) is 0 Å². The Hall–Kier alpha value is -3.13. The van der Waals surface area contributed by atoms with Crippen molar-refractivity contribution < 1.29 is 0 Å². The maximum atomic E-state index is 4.34. The Kier molecular flexibility index (Phi) is 10.9. The van der Waals surface area contributed by atoms with Crippen LogP contribution in [0.2, 0.25) is 0 Å². The van der Waals surface area contributed by atoms with Crippen LogP contribution in [0.4, 0.5) is 5.69 Å². The van der Waals surface area contributed by atoms with Crippen LogP contribution in [0.15, 0.2) is 73.4 Å². The van der Waals surface area contributed by atoms with Crippen molar-refractivity contribution in [1.29, 1.82) is 0 Å². The molecule has 0 saturated heterocycles. The van der Waals surface area contributed by atoms with Gasteiger partial charge in [0.15, 0.2) is 0 Å². The van der Waals surface area contributed by atoms with Crippen molar-refractivity contribution >= 4 is 23.0 Å². The van der Waals surface area contributed by atoms with Crippen molar-refractivity contribution in [3.63, 3.8) is 0 Å². The van der Waals surface area contributed by atoms with Gasteiger partial charge in [-0.3, -0.25) is 4.98 Å². The fourth-order valence-electron chi connectivity index (χ4n) is 2.86. The Balaban J connectivity index is 0.00000106. The summed E-state index contributed by atoms with van der Waals surface area (Å²) < 4.78 is 0. The van der Waals surface area contributed by atoms with E-state index in [4.69, 9.17) is 0 Å². The second-order valence-electron chi connectivity index (χ2n) is 6.56. The highest BCUT2D eigenvalue weighted by Crippen LogP contribution is 2.23. The molecule has 158 valence electrons. The van der Waals surface area contributed by atoms with Crippen LogP contribution >= 0.6 is 0 Å². The van der Waals surface area contributed by atoms with E-state index in [1.807, 2.05) is 46.9 Å². The van der Waals surface area contributed by atoms with Crippen molar-refractivity contribution in [1.82, 2.24) is 4.98 Å². The summed E-state index contributed by atoms with van der Waals surface area (Å²) in [6, 6.07) is 20.8. The average molecular weight is 401 g/mol. The third kappa shape index (κ3) is 7.36. The van der Waals surface area contributed by atoms with Gasteiger partial charge in [-0.15, -0.1) is 0 Å². The molecule has 0 bridgehead atoms. The molecule has 2 heteroatoms. The third-order valence-corrected chi connectivity index (χ3v) is 4.42. The fourth-order valence-corrected chi connectivity index (χ4v) is 2.86. The molecule has 1 aromatic heterocycles. The van der Waals surface area contributed by atoms with Crippen molar-refractivity contribution in [3.05, 3.63) is 101 Å². The summed E-state index contributed by atoms with van der Waals surface area (Å²) >= 11 is 0. The zero-order valence-corrected chi connectivity index (χ0v) is 19.6. The largest absolute Gasteiger partial charge is 0.356 e. The minimum atomic E-state index is 0.902. The number of aromatic nitrogens is 1. The van der Waals surface area contributed by atoms with Gasteiger partial charge in [0.1, 0.15) is 0 Å². The molecule has 0 aliphatic heterocycles. The van der Waals surface area contributed by atoms with E-state index in [1.165, 1.54) is 16.7 Å². The fraction of sp³-hybridized carbons (Fsp3) is 0.250. The summed E-state index contributed by atoms with van der Waals surface area (Å²) in [6.07, 6.45) is 4.00. The van der Waals surface area contributed by atoms with Gasteiger partial charge in [0.2, 0.25) is 0 Å². The molecule has 2 aromatic carbocycles. The first-order valence-electron chi connectivity index (χ1n) is 10.8. The van der Waals surface area contributed by atoms with Crippen LogP contribution in [-0.2, 0) is 0 Å². The lowest BCUT2D eigenvalue weighted by atomic mass is 10.0. The number of benzene rings is 2. The Morgan fingerprint density at radius 1 is 0.867 bits per heavy atom. The molecule has 0 unspecified atom stereocenters. The van der Waals surface area contributed by atoms with Gasteiger partial charge in [-0.2, -0.15) is 0 Å². The summed E-state index contributed by atoms with van der Waals surface area (Å²) in [5.41, 5.74) is 8.87. The Morgan fingerprint density at radius 2 is 1.53 bits per heavy atom. The number of pyridine rings is 1. The maximum Gasteiger partial charge on any atom is 0.0444 e. The van der Waals surface area contributed by atoms with Crippen LogP contribution in [0, 0.1) is 13.8 Å². The highest BCUT2D eigenvalue weighted by Gasteiger charge is 2.02. The van der Waals surface area contributed by atoms with Gasteiger partial charge < -0.3 is 5.32 Å². The number of rotatable bonds is 5. The average Bonchev–Trinajstić information content (AvgIpc) is 2.78. The first-order chi connectivity index (χ1) is 14.5. The molecule has 0 amide bonds. The smallest absolute Gasteiger partial charge is 0.0444 e. The monoisotopic (exact) mass is 400 g/mol. The number of hydrogen-bond donors (Lipinski definition) is 1. The van der Waals surface area contributed by atoms with E-state index in [9.17, 15) is 0 Å². The predicted octanol–water partition coefficient (Wildman–Crippen LogP) is 8.39. The van der Waals surface area contributed by atoms with Gasteiger partial charge in [-0.05, 0) is 73.4 Å². The summed E-state index contributed by atoms with van der Waals surface area (Å²) in [5, 5.41) is 3.39. The molecule has 3 rings (SSSR count). The summed E-state index contributed by atoms with van der Waals surface area (Å²) in [4.78, 5) is 4.34. The summed E-state index contributed by atoms with van der Waals surface area (Å²) in [7, 11) is 0. The van der Waals surface area contributed by atoms with E-state index in [0.29, 0.717) is 0 Å². The molecule has 30 heavy (non-hydrogen) atoms.